The number of amides is 3. The van der Waals surface area contributed by atoms with E-state index in [-0.39, 0.29) is 35.7 Å². The van der Waals surface area contributed by atoms with Crippen LogP contribution in [-0.2, 0) is 9.59 Å². The maximum atomic E-state index is 13.2. The van der Waals surface area contributed by atoms with Crippen LogP contribution in [0.1, 0.15) is 41.4 Å². The fourth-order valence-electron chi connectivity index (χ4n) is 5.06. The largest absolute Gasteiger partial charge is 0.459 e. The first-order valence-corrected chi connectivity index (χ1v) is 11.9. The first-order valence-electron chi connectivity index (χ1n) is 11.9. The van der Waals surface area contributed by atoms with Crippen LogP contribution < -0.4 is 10.9 Å². The van der Waals surface area contributed by atoms with Gasteiger partial charge in [-0.3, -0.25) is 19.4 Å². The van der Waals surface area contributed by atoms with Crippen molar-refractivity contribution in [3.63, 3.8) is 0 Å². The summed E-state index contributed by atoms with van der Waals surface area (Å²) in [4.78, 5) is 48.4. The van der Waals surface area contributed by atoms with Gasteiger partial charge in [-0.15, -0.1) is 0 Å². The van der Waals surface area contributed by atoms with Crippen molar-refractivity contribution in [1.82, 2.24) is 30.5 Å². The lowest BCUT2D eigenvalue weighted by atomic mass is 9.95. The number of piperazine rings is 1. The summed E-state index contributed by atoms with van der Waals surface area (Å²) < 4.78 is 5.20. The topological polar surface area (TPSA) is 111 Å². The van der Waals surface area contributed by atoms with Crippen LogP contribution >= 0.6 is 0 Å². The van der Waals surface area contributed by atoms with Gasteiger partial charge in [0, 0.05) is 57.7 Å². The number of carbonyl (C=O) groups is 3. The lowest BCUT2D eigenvalue weighted by molar-refractivity contribution is -0.142. The molecule has 3 amide bonds. The maximum absolute atomic E-state index is 13.2. The first-order chi connectivity index (χ1) is 16.6. The number of hydrogen-bond donors (Lipinski definition) is 2. The molecule has 3 atom stereocenters. The van der Waals surface area contributed by atoms with E-state index in [1.165, 1.54) is 6.26 Å². The summed E-state index contributed by atoms with van der Waals surface area (Å²) in [6, 6.07) is 6.94. The van der Waals surface area contributed by atoms with Gasteiger partial charge in [0.05, 0.1) is 12.2 Å². The lowest BCUT2D eigenvalue weighted by Crippen LogP contribution is -2.55. The summed E-state index contributed by atoms with van der Waals surface area (Å²) in [6.07, 6.45) is 7.26. The molecule has 0 saturated carbocycles. The van der Waals surface area contributed by atoms with Crippen molar-refractivity contribution in [2.75, 3.05) is 39.3 Å². The second kappa shape index (κ2) is 9.94. The Labute approximate surface area is 198 Å². The number of pyridine rings is 1. The zero-order valence-electron chi connectivity index (χ0n) is 19.1. The summed E-state index contributed by atoms with van der Waals surface area (Å²) in [5.41, 5.74) is 7.37. The Morgan fingerprint density at radius 2 is 1.76 bits per heavy atom. The minimum absolute atomic E-state index is 0.0325. The third kappa shape index (κ3) is 4.69. The number of nitrogens with zero attached hydrogens (tertiary/aromatic N) is 4. The number of likely N-dealkylation sites (tertiary alicyclic amines) is 1. The summed E-state index contributed by atoms with van der Waals surface area (Å²) in [6.45, 7) is 3.07. The van der Waals surface area contributed by atoms with Gasteiger partial charge >= 0.3 is 0 Å². The highest BCUT2D eigenvalue weighted by Crippen LogP contribution is 2.25. The van der Waals surface area contributed by atoms with Crippen molar-refractivity contribution in [3.05, 3.63) is 54.2 Å². The molecule has 0 radical (unpaired) electrons. The van der Waals surface area contributed by atoms with Crippen LogP contribution in [-0.4, -0.2) is 82.7 Å². The Morgan fingerprint density at radius 3 is 2.50 bits per heavy atom. The second-order valence-corrected chi connectivity index (χ2v) is 9.13. The number of rotatable bonds is 4. The zero-order chi connectivity index (χ0) is 23.5. The quantitative estimate of drug-likeness (QED) is 0.686. The highest BCUT2D eigenvalue weighted by atomic mass is 16.3. The molecule has 3 fully saturated rings. The van der Waals surface area contributed by atoms with E-state index in [1.54, 1.807) is 23.2 Å². The van der Waals surface area contributed by atoms with Crippen molar-refractivity contribution < 1.29 is 18.8 Å². The Bertz CT molecular complexity index is 1010. The van der Waals surface area contributed by atoms with E-state index in [2.05, 4.69) is 15.8 Å². The Morgan fingerprint density at radius 1 is 0.941 bits per heavy atom. The average molecular weight is 467 g/mol. The molecule has 0 bridgehead atoms. The minimum atomic E-state index is -0.324. The van der Waals surface area contributed by atoms with Crippen molar-refractivity contribution in [3.8, 4) is 0 Å². The van der Waals surface area contributed by atoms with E-state index in [9.17, 15) is 14.4 Å². The van der Waals surface area contributed by atoms with Crippen molar-refractivity contribution >= 4 is 17.7 Å². The molecule has 5 heterocycles. The predicted molar refractivity (Wildman–Crippen MR) is 122 cm³/mol. The van der Waals surface area contributed by atoms with Crippen LogP contribution in [0.15, 0.2) is 47.3 Å². The number of aromatic nitrogens is 1. The zero-order valence-corrected chi connectivity index (χ0v) is 19.1. The molecular formula is C24H30N6O4. The molecular weight excluding hydrogens is 436 g/mol. The van der Waals surface area contributed by atoms with E-state index >= 15 is 0 Å². The van der Waals surface area contributed by atoms with Gasteiger partial charge in [-0.25, -0.2) is 10.9 Å². The van der Waals surface area contributed by atoms with Crippen LogP contribution in [0.3, 0.4) is 0 Å². The molecule has 2 aromatic rings. The molecule has 180 valence electrons. The molecule has 34 heavy (non-hydrogen) atoms. The highest BCUT2D eigenvalue weighted by Gasteiger charge is 2.37. The van der Waals surface area contributed by atoms with E-state index in [1.807, 2.05) is 28.1 Å². The fourth-order valence-corrected chi connectivity index (χ4v) is 5.06. The summed E-state index contributed by atoms with van der Waals surface area (Å²) in [7, 11) is 0. The molecule has 5 rings (SSSR count). The smallest absolute Gasteiger partial charge is 0.289 e. The first kappa shape index (κ1) is 22.5. The SMILES string of the molecule is O=C(c1ccco1)N1CCN(C(=O)C2CCCN(C(=O)C3CC(c4cccnc4)NN3)C2)CC1. The maximum Gasteiger partial charge on any atom is 0.289 e. The van der Waals surface area contributed by atoms with Gasteiger partial charge in [0.25, 0.3) is 5.91 Å². The summed E-state index contributed by atoms with van der Waals surface area (Å²) in [5.74, 6) is 0.0860. The summed E-state index contributed by atoms with van der Waals surface area (Å²) >= 11 is 0. The number of nitrogens with one attached hydrogen (secondary N) is 2. The minimum Gasteiger partial charge on any atom is -0.459 e. The number of hydrazine groups is 1. The standard InChI is InChI=1S/C24H30N6O4/c31-22(28-9-11-29(12-10-28)24(33)21-6-3-13-34-21)18-5-2-8-30(16-18)23(32)20-14-19(26-27-20)17-4-1-7-25-15-17/h1,3-4,6-7,13,15,18-20,26-27H,2,5,8-12,14,16H2. The lowest BCUT2D eigenvalue weighted by Gasteiger charge is -2.39. The van der Waals surface area contributed by atoms with Crippen LogP contribution in [0.5, 0.6) is 0 Å². The third-order valence-electron chi connectivity index (χ3n) is 6.98. The molecule has 2 N–H and O–H groups in total. The Balaban J connectivity index is 1.13. The van der Waals surface area contributed by atoms with Gasteiger partial charge in [0.1, 0.15) is 6.04 Å². The number of furan rings is 1. The van der Waals surface area contributed by atoms with E-state index in [0.717, 1.165) is 18.4 Å². The van der Waals surface area contributed by atoms with Gasteiger partial charge in [-0.2, -0.15) is 0 Å². The normalized spacial score (nSPS) is 25.4. The number of piperidine rings is 1. The molecule has 2 aromatic heterocycles. The fraction of sp³-hybridized carbons (Fsp3) is 0.500. The van der Waals surface area contributed by atoms with Gasteiger partial charge in [0.15, 0.2) is 5.76 Å². The van der Waals surface area contributed by atoms with Crippen LogP contribution in [0.2, 0.25) is 0 Å². The number of carbonyl (C=O) groups excluding carboxylic acids is 3. The van der Waals surface area contributed by atoms with Gasteiger partial charge < -0.3 is 19.1 Å². The van der Waals surface area contributed by atoms with Gasteiger partial charge in [-0.1, -0.05) is 6.07 Å². The Hall–Kier alpha value is -3.24. The van der Waals surface area contributed by atoms with Crippen molar-refractivity contribution in [2.45, 2.75) is 31.3 Å². The molecule has 3 saturated heterocycles. The molecule has 0 aromatic carbocycles. The van der Waals surface area contributed by atoms with E-state index < -0.39 is 0 Å². The van der Waals surface area contributed by atoms with Gasteiger partial charge in [-0.05, 0) is 43.0 Å². The highest BCUT2D eigenvalue weighted by molar-refractivity contribution is 5.91. The monoisotopic (exact) mass is 466 g/mol. The third-order valence-corrected chi connectivity index (χ3v) is 6.98. The Kier molecular flexibility index (Phi) is 6.59. The molecule has 3 aliphatic rings. The molecule has 10 nitrogen and oxygen atoms in total. The molecule has 3 aliphatic heterocycles. The molecule has 10 heteroatoms. The predicted octanol–water partition coefficient (Wildman–Crippen LogP) is 0.805. The van der Waals surface area contributed by atoms with E-state index in [4.69, 9.17) is 4.42 Å². The van der Waals surface area contributed by atoms with E-state index in [0.29, 0.717) is 51.4 Å². The van der Waals surface area contributed by atoms with Crippen LogP contribution in [0, 0.1) is 5.92 Å². The molecule has 0 spiro atoms. The number of hydrogen-bond acceptors (Lipinski definition) is 7. The average Bonchev–Trinajstić information content (AvgIpc) is 3.61. The van der Waals surface area contributed by atoms with Crippen molar-refractivity contribution in [1.29, 1.82) is 0 Å². The van der Waals surface area contributed by atoms with Crippen LogP contribution in [0.25, 0.3) is 0 Å². The van der Waals surface area contributed by atoms with Crippen LogP contribution in [0.4, 0.5) is 0 Å². The second-order valence-electron chi connectivity index (χ2n) is 9.13. The van der Waals surface area contributed by atoms with Crippen molar-refractivity contribution in [2.24, 2.45) is 5.92 Å². The van der Waals surface area contributed by atoms with Gasteiger partial charge in [0.2, 0.25) is 11.8 Å². The molecule has 3 unspecified atom stereocenters. The summed E-state index contributed by atoms with van der Waals surface area (Å²) in [5, 5.41) is 0. The molecule has 0 aliphatic carbocycles.